The summed E-state index contributed by atoms with van der Waals surface area (Å²) in [5.41, 5.74) is 6.57. The molecule has 0 fully saturated rings. The molecule has 0 aliphatic rings. The maximum absolute atomic E-state index is 6.02. The van der Waals surface area contributed by atoms with Crippen molar-refractivity contribution in [2.24, 2.45) is 5.73 Å². The van der Waals surface area contributed by atoms with Crippen molar-refractivity contribution in [3.63, 3.8) is 0 Å². The minimum absolute atomic E-state index is 0.383. The Morgan fingerprint density at radius 3 is 2.40 bits per heavy atom. The molecule has 2 rings (SSSR count). The highest BCUT2D eigenvalue weighted by molar-refractivity contribution is 7.09. The molecule has 0 saturated carbocycles. The minimum atomic E-state index is -0.383. The average molecular weight is 292 g/mol. The van der Waals surface area contributed by atoms with Crippen molar-refractivity contribution >= 4 is 11.3 Å². The molecule has 0 amide bonds. The van der Waals surface area contributed by atoms with Crippen LogP contribution in [0.25, 0.3) is 0 Å². The SMILES string of the molecule is COc1ccc(OCCc2nc(C(C)(C)N)cs2)cc1. The van der Waals surface area contributed by atoms with Gasteiger partial charge in [-0.05, 0) is 38.1 Å². The minimum Gasteiger partial charge on any atom is -0.497 e. The highest BCUT2D eigenvalue weighted by Crippen LogP contribution is 2.21. The first-order valence-electron chi connectivity index (χ1n) is 6.49. The van der Waals surface area contributed by atoms with Crippen molar-refractivity contribution in [3.8, 4) is 11.5 Å². The van der Waals surface area contributed by atoms with Crippen molar-refractivity contribution < 1.29 is 9.47 Å². The van der Waals surface area contributed by atoms with E-state index in [9.17, 15) is 0 Å². The normalized spacial score (nSPS) is 11.4. The van der Waals surface area contributed by atoms with E-state index in [2.05, 4.69) is 4.98 Å². The van der Waals surface area contributed by atoms with Gasteiger partial charge in [-0.3, -0.25) is 0 Å². The van der Waals surface area contributed by atoms with E-state index in [4.69, 9.17) is 15.2 Å². The van der Waals surface area contributed by atoms with Gasteiger partial charge in [0.1, 0.15) is 11.5 Å². The molecule has 0 atom stereocenters. The molecule has 2 N–H and O–H groups in total. The molecular formula is C15H20N2O2S. The van der Waals surface area contributed by atoms with Crippen LogP contribution in [0, 0.1) is 0 Å². The van der Waals surface area contributed by atoms with Crippen LogP contribution >= 0.6 is 11.3 Å². The van der Waals surface area contributed by atoms with Gasteiger partial charge in [-0.25, -0.2) is 4.98 Å². The quantitative estimate of drug-likeness (QED) is 0.889. The number of benzene rings is 1. The fraction of sp³-hybridized carbons (Fsp3) is 0.400. The first-order valence-corrected chi connectivity index (χ1v) is 7.37. The fourth-order valence-electron chi connectivity index (χ4n) is 1.65. The van der Waals surface area contributed by atoms with Crippen molar-refractivity contribution in [2.45, 2.75) is 25.8 Å². The number of aromatic nitrogens is 1. The Hall–Kier alpha value is -1.59. The number of rotatable bonds is 6. The third kappa shape index (κ3) is 3.95. The van der Waals surface area contributed by atoms with Crippen LogP contribution in [0.2, 0.25) is 0 Å². The Balaban J connectivity index is 1.84. The third-order valence-electron chi connectivity index (χ3n) is 2.86. The van der Waals surface area contributed by atoms with Gasteiger partial charge in [-0.2, -0.15) is 0 Å². The van der Waals surface area contributed by atoms with E-state index in [1.807, 2.05) is 43.5 Å². The van der Waals surface area contributed by atoms with E-state index in [-0.39, 0.29) is 5.54 Å². The third-order valence-corrected chi connectivity index (χ3v) is 3.76. The summed E-state index contributed by atoms with van der Waals surface area (Å²) in [5, 5.41) is 3.06. The smallest absolute Gasteiger partial charge is 0.119 e. The van der Waals surface area contributed by atoms with Crippen molar-refractivity contribution in [1.29, 1.82) is 0 Å². The molecule has 1 aromatic heterocycles. The second kappa shape index (κ2) is 6.24. The summed E-state index contributed by atoms with van der Waals surface area (Å²) in [4.78, 5) is 4.53. The van der Waals surface area contributed by atoms with Crippen LogP contribution in [0.15, 0.2) is 29.6 Å². The lowest BCUT2D eigenvalue weighted by Crippen LogP contribution is -2.29. The number of nitrogens with two attached hydrogens (primary N) is 1. The van der Waals surface area contributed by atoms with Crippen LogP contribution in [0.3, 0.4) is 0 Å². The van der Waals surface area contributed by atoms with Crippen LogP contribution < -0.4 is 15.2 Å². The Kier molecular flexibility index (Phi) is 4.62. The average Bonchev–Trinajstić information content (AvgIpc) is 2.88. The van der Waals surface area contributed by atoms with Gasteiger partial charge in [0.15, 0.2) is 0 Å². The van der Waals surface area contributed by atoms with E-state index in [0.717, 1.165) is 28.6 Å². The predicted molar refractivity (Wildman–Crippen MR) is 81.5 cm³/mol. The number of hydrogen-bond donors (Lipinski definition) is 1. The van der Waals surface area contributed by atoms with Crippen molar-refractivity contribution in [2.75, 3.05) is 13.7 Å². The summed E-state index contributed by atoms with van der Waals surface area (Å²) in [6.07, 6.45) is 0.784. The number of hydrogen-bond acceptors (Lipinski definition) is 5. The summed E-state index contributed by atoms with van der Waals surface area (Å²) >= 11 is 1.63. The molecule has 0 bridgehead atoms. The lowest BCUT2D eigenvalue weighted by atomic mass is 10.0. The Bertz CT molecular complexity index is 544. The summed E-state index contributed by atoms with van der Waals surface area (Å²) < 4.78 is 10.8. The number of methoxy groups -OCH3 is 1. The van der Waals surface area contributed by atoms with Gasteiger partial charge in [0.25, 0.3) is 0 Å². The standard InChI is InChI=1S/C15H20N2O2S/c1-15(2,16)13-10-20-14(17-13)8-9-19-12-6-4-11(18-3)5-7-12/h4-7,10H,8-9,16H2,1-3H3. The molecule has 4 nitrogen and oxygen atoms in total. The second-order valence-corrected chi connectivity index (χ2v) is 6.06. The van der Waals surface area contributed by atoms with Crippen molar-refractivity contribution in [1.82, 2.24) is 4.98 Å². The number of ether oxygens (including phenoxy) is 2. The fourth-order valence-corrected chi connectivity index (χ4v) is 2.61. The summed E-state index contributed by atoms with van der Waals surface area (Å²) in [5.74, 6) is 1.66. The van der Waals surface area contributed by atoms with Crippen LogP contribution in [-0.2, 0) is 12.0 Å². The number of thiazole rings is 1. The molecule has 0 spiro atoms. The van der Waals surface area contributed by atoms with E-state index in [1.54, 1.807) is 18.4 Å². The predicted octanol–water partition coefficient (Wildman–Crippen LogP) is 2.97. The maximum Gasteiger partial charge on any atom is 0.119 e. The first kappa shape index (κ1) is 14.8. The van der Waals surface area contributed by atoms with Gasteiger partial charge in [-0.15, -0.1) is 11.3 Å². The zero-order chi connectivity index (χ0) is 14.6. The Morgan fingerprint density at radius 1 is 1.20 bits per heavy atom. The molecule has 108 valence electrons. The van der Waals surface area contributed by atoms with Crippen molar-refractivity contribution in [3.05, 3.63) is 40.3 Å². The maximum atomic E-state index is 6.02. The molecule has 2 aromatic rings. The van der Waals surface area contributed by atoms with Crippen LogP contribution in [-0.4, -0.2) is 18.7 Å². The lowest BCUT2D eigenvalue weighted by molar-refractivity contribution is 0.320. The van der Waals surface area contributed by atoms with Gasteiger partial charge < -0.3 is 15.2 Å². The Labute approximate surface area is 123 Å². The zero-order valence-corrected chi connectivity index (χ0v) is 12.9. The molecule has 0 radical (unpaired) electrons. The largest absolute Gasteiger partial charge is 0.497 e. The topological polar surface area (TPSA) is 57.4 Å². The zero-order valence-electron chi connectivity index (χ0n) is 12.1. The van der Waals surface area contributed by atoms with Gasteiger partial charge >= 0.3 is 0 Å². The highest BCUT2D eigenvalue weighted by atomic mass is 32.1. The van der Waals surface area contributed by atoms with Crippen LogP contribution in [0.1, 0.15) is 24.5 Å². The summed E-state index contributed by atoms with van der Waals surface area (Å²) in [6.45, 7) is 4.52. The highest BCUT2D eigenvalue weighted by Gasteiger charge is 2.17. The molecule has 20 heavy (non-hydrogen) atoms. The second-order valence-electron chi connectivity index (χ2n) is 5.12. The van der Waals surface area contributed by atoms with E-state index < -0.39 is 0 Å². The molecule has 0 aliphatic carbocycles. The number of nitrogens with zero attached hydrogens (tertiary/aromatic N) is 1. The molecule has 1 heterocycles. The molecule has 0 unspecified atom stereocenters. The first-order chi connectivity index (χ1) is 9.49. The van der Waals surface area contributed by atoms with Gasteiger partial charge in [-0.1, -0.05) is 0 Å². The Morgan fingerprint density at radius 2 is 1.85 bits per heavy atom. The van der Waals surface area contributed by atoms with Gasteiger partial charge in [0, 0.05) is 11.8 Å². The molecule has 0 saturated heterocycles. The van der Waals surface area contributed by atoms with Crippen LogP contribution in [0.4, 0.5) is 0 Å². The van der Waals surface area contributed by atoms with Gasteiger partial charge in [0.2, 0.25) is 0 Å². The van der Waals surface area contributed by atoms with E-state index in [1.165, 1.54) is 0 Å². The molecule has 5 heteroatoms. The van der Waals surface area contributed by atoms with E-state index in [0.29, 0.717) is 6.61 Å². The molecule has 0 aliphatic heterocycles. The summed E-state index contributed by atoms with van der Waals surface area (Å²) in [6, 6.07) is 7.56. The van der Waals surface area contributed by atoms with E-state index >= 15 is 0 Å². The monoisotopic (exact) mass is 292 g/mol. The molecular weight excluding hydrogens is 272 g/mol. The van der Waals surface area contributed by atoms with Gasteiger partial charge in [0.05, 0.1) is 30.0 Å². The summed E-state index contributed by atoms with van der Waals surface area (Å²) in [7, 11) is 1.65. The lowest BCUT2D eigenvalue weighted by Gasteiger charge is -2.14. The molecule has 1 aromatic carbocycles. The van der Waals surface area contributed by atoms with Crippen LogP contribution in [0.5, 0.6) is 11.5 Å².